The minimum Gasteiger partial charge on any atom is -0.372 e. The Morgan fingerprint density at radius 3 is 2.00 bits per heavy atom. The molecule has 1 aromatic carbocycles. The number of alkyl halides is 6. The van der Waals surface area contributed by atoms with Crippen molar-refractivity contribution in [1.29, 1.82) is 0 Å². The van der Waals surface area contributed by atoms with Crippen molar-refractivity contribution in [3.8, 4) is 0 Å². The smallest absolute Gasteiger partial charge is 0.372 e. The minimum absolute atomic E-state index is 0.0870. The van der Waals surface area contributed by atoms with Gasteiger partial charge in [0.05, 0.1) is 12.2 Å². The molecule has 0 saturated heterocycles. The summed E-state index contributed by atoms with van der Waals surface area (Å²) in [6.45, 7) is 4.52. The molecule has 0 fully saturated rings. The first-order chi connectivity index (χ1) is 10.8. The first-order valence-electron chi connectivity index (χ1n) is 7.04. The molecule has 8 heteroatoms. The number of ether oxygens (including phenoxy) is 1. The van der Waals surface area contributed by atoms with Gasteiger partial charge >= 0.3 is 12.4 Å². The Labute approximate surface area is 135 Å². The van der Waals surface area contributed by atoms with E-state index >= 15 is 0 Å². The third kappa shape index (κ3) is 3.75. The summed E-state index contributed by atoms with van der Waals surface area (Å²) in [7, 11) is 0. The van der Waals surface area contributed by atoms with E-state index in [9.17, 15) is 31.4 Å². The number of halogens is 6. The third-order valence-corrected chi connectivity index (χ3v) is 3.96. The maximum Gasteiger partial charge on any atom is 0.428 e. The number of aliphatic hydroxyl groups is 1. The molecular formula is C16H18F6O2. The molecule has 1 aromatic rings. The van der Waals surface area contributed by atoms with E-state index in [1.807, 2.05) is 0 Å². The predicted molar refractivity (Wildman–Crippen MR) is 77.2 cm³/mol. The van der Waals surface area contributed by atoms with Crippen LogP contribution < -0.4 is 0 Å². The van der Waals surface area contributed by atoms with E-state index in [2.05, 4.69) is 6.58 Å². The molecule has 1 N–H and O–H groups in total. The van der Waals surface area contributed by atoms with Crippen LogP contribution in [-0.2, 0) is 10.3 Å². The molecule has 0 radical (unpaired) electrons. The monoisotopic (exact) mass is 356 g/mol. The van der Waals surface area contributed by atoms with Crippen LogP contribution in [0.5, 0.6) is 0 Å². The van der Waals surface area contributed by atoms with Crippen molar-refractivity contribution in [2.45, 2.75) is 43.8 Å². The van der Waals surface area contributed by atoms with Crippen LogP contribution in [-0.4, -0.2) is 29.7 Å². The number of hydrogen-bond acceptors (Lipinski definition) is 2. The number of rotatable bonds is 6. The highest BCUT2D eigenvalue weighted by molar-refractivity contribution is 5.53. The molecule has 0 aliphatic rings. The molecule has 1 atom stereocenters. The van der Waals surface area contributed by atoms with Crippen LogP contribution in [0, 0.1) is 0 Å². The fourth-order valence-electron chi connectivity index (χ4n) is 2.11. The molecule has 2 nitrogen and oxygen atoms in total. The van der Waals surface area contributed by atoms with Gasteiger partial charge in [-0.15, -0.1) is 0 Å². The summed E-state index contributed by atoms with van der Waals surface area (Å²) in [5, 5.41) is 9.22. The predicted octanol–water partition coefficient (Wildman–Crippen LogP) is 4.83. The number of benzene rings is 1. The zero-order valence-electron chi connectivity index (χ0n) is 13.1. The first kappa shape index (κ1) is 20.5. The third-order valence-electron chi connectivity index (χ3n) is 3.96. The zero-order valence-corrected chi connectivity index (χ0v) is 13.1. The highest BCUT2D eigenvalue weighted by Crippen LogP contribution is 2.45. The highest BCUT2D eigenvalue weighted by Gasteiger charge is 2.71. The average molecular weight is 356 g/mol. The van der Waals surface area contributed by atoms with Gasteiger partial charge in [-0.1, -0.05) is 43.8 Å². The molecule has 0 aliphatic heterocycles. The number of hydrogen-bond donors (Lipinski definition) is 1. The average Bonchev–Trinajstić information content (AvgIpc) is 2.50. The van der Waals surface area contributed by atoms with E-state index in [4.69, 9.17) is 4.74 Å². The Morgan fingerprint density at radius 1 is 1.08 bits per heavy atom. The lowest BCUT2D eigenvalue weighted by Crippen LogP contribution is -2.60. The molecule has 0 bridgehead atoms. The van der Waals surface area contributed by atoms with Crippen LogP contribution in [0.25, 0.3) is 6.08 Å². The molecule has 24 heavy (non-hydrogen) atoms. The second kappa shape index (κ2) is 6.76. The van der Waals surface area contributed by atoms with Gasteiger partial charge in [0.1, 0.15) is 0 Å². The molecular weight excluding hydrogens is 338 g/mol. The summed E-state index contributed by atoms with van der Waals surface area (Å²) in [5.74, 6) is 0. The lowest BCUT2D eigenvalue weighted by molar-refractivity contribution is -0.383. The summed E-state index contributed by atoms with van der Waals surface area (Å²) < 4.78 is 81.6. The topological polar surface area (TPSA) is 29.5 Å². The van der Waals surface area contributed by atoms with Crippen molar-refractivity contribution in [2.24, 2.45) is 0 Å². The fraction of sp³-hybridized carbons (Fsp3) is 0.500. The molecule has 0 amide bonds. The molecule has 0 spiro atoms. The minimum atomic E-state index is -5.92. The molecule has 136 valence electrons. The van der Waals surface area contributed by atoms with Gasteiger partial charge in [0, 0.05) is 0 Å². The second-order valence-corrected chi connectivity index (χ2v) is 5.52. The normalized spacial score (nSPS) is 15.9. The van der Waals surface area contributed by atoms with Gasteiger partial charge in [-0.3, -0.25) is 0 Å². The van der Waals surface area contributed by atoms with Gasteiger partial charge < -0.3 is 9.84 Å². The Bertz CT molecular complexity index is 565. The Hall–Kier alpha value is -1.54. The van der Waals surface area contributed by atoms with Crippen LogP contribution in [0.2, 0.25) is 0 Å². The van der Waals surface area contributed by atoms with Gasteiger partial charge in [0.15, 0.2) is 0 Å². The van der Waals surface area contributed by atoms with E-state index in [-0.39, 0.29) is 6.42 Å². The van der Waals surface area contributed by atoms with Gasteiger partial charge in [-0.25, -0.2) is 0 Å². The van der Waals surface area contributed by atoms with Gasteiger partial charge in [-0.2, -0.15) is 26.3 Å². The second-order valence-electron chi connectivity index (χ2n) is 5.52. The highest BCUT2D eigenvalue weighted by atomic mass is 19.4. The Kier molecular flexibility index (Phi) is 5.77. The van der Waals surface area contributed by atoms with Crippen molar-refractivity contribution < 1.29 is 36.2 Å². The summed E-state index contributed by atoms with van der Waals surface area (Å²) in [4.78, 5) is 0. The Balaban J connectivity index is 3.22. The summed E-state index contributed by atoms with van der Waals surface area (Å²) in [6, 6.07) is 6.37. The largest absolute Gasteiger partial charge is 0.428 e. The van der Waals surface area contributed by atoms with Crippen molar-refractivity contribution in [3.05, 3.63) is 42.0 Å². The summed E-state index contributed by atoms with van der Waals surface area (Å²) >= 11 is 0. The van der Waals surface area contributed by atoms with E-state index < -0.39 is 30.2 Å². The lowest BCUT2D eigenvalue weighted by Gasteiger charge is -2.37. The maximum absolute atomic E-state index is 12.8. The van der Waals surface area contributed by atoms with Gasteiger partial charge in [-0.05, 0) is 24.5 Å². The van der Waals surface area contributed by atoms with Crippen LogP contribution in [0.4, 0.5) is 26.3 Å². The van der Waals surface area contributed by atoms with E-state index in [0.29, 0.717) is 11.1 Å². The SMILES string of the molecule is C=Cc1ccccc1C(C)(CC)OCC(O)(C(F)(F)F)C(F)(F)F. The molecule has 1 unspecified atom stereocenters. The van der Waals surface area contributed by atoms with E-state index in [1.54, 1.807) is 25.1 Å². The van der Waals surface area contributed by atoms with Gasteiger partial charge in [0.2, 0.25) is 0 Å². The van der Waals surface area contributed by atoms with Crippen LogP contribution >= 0.6 is 0 Å². The first-order valence-corrected chi connectivity index (χ1v) is 7.04. The van der Waals surface area contributed by atoms with Gasteiger partial charge in [0.25, 0.3) is 5.60 Å². The molecule has 0 heterocycles. The van der Waals surface area contributed by atoms with Crippen LogP contribution in [0.1, 0.15) is 31.4 Å². The quantitative estimate of drug-likeness (QED) is 0.740. The molecule has 1 rings (SSSR count). The fourth-order valence-corrected chi connectivity index (χ4v) is 2.11. The molecule has 0 aliphatic carbocycles. The molecule has 0 aromatic heterocycles. The Morgan fingerprint density at radius 2 is 1.58 bits per heavy atom. The molecule has 0 saturated carbocycles. The van der Waals surface area contributed by atoms with Crippen molar-refractivity contribution in [2.75, 3.05) is 6.61 Å². The summed E-state index contributed by atoms with van der Waals surface area (Å²) in [6.07, 6.45) is -10.3. The van der Waals surface area contributed by atoms with Crippen molar-refractivity contribution >= 4 is 6.08 Å². The van der Waals surface area contributed by atoms with E-state index in [1.165, 1.54) is 19.1 Å². The zero-order chi connectivity index (χ0) is 18.8. The van der Waals surface area contributed by atoms with Crippen LogP contribution in [0.3, 0.4) is 0 Å². The van der Waals surface area contributed by atoms with E-state index in [0.717, 1.165) is 0 Å². The standard InChI is InChI=1S/C16H18F6O2/c1-4-11-8-6-7-9-12(11)13(3,5-2)24-10-14(23,15(17,18)19)16(20,21)22/h4,6-9,23H,1,5,10H2,2-3H3. The van der Waals surface area contributed by atoms with Crippen LogP contribution in [0.15, 0.2) is 30.8 Å². The van der Waals surface area contributed by atoms with Crippen molar-refractivity contribution in [3.63, 3.8) is 0 Å². The maximum atomic E-state index is 12.8. The van der Waals surface area contributed by atoms with Crippen molar-refractivity contribution in [1.82, 2.24) is 0 Å². The lowest BCUT2D eigenvalue weighted by atomic mass is 9.88. The summed E-state index contributed by atoms with van der Waals surface area (Å²) in [5.41, 5.74) is -5.51.